The molecule has 134 valence electrons. The van der Waals surface area contributed by atoms with Crippen LogP contribution in [0.2, 0.25) is 5.02 Å². The van der Waals surface area contributed by atoms with Gasteiger partial charge in [0.05, 0.1) is 34.5 Å². The Morgan fingerprint density at radius 3 is 2.54 bits per heavy atom. The molecule has 0 bridgehead atoms. The van der Waals surface area contributed by atoms with E-state index in [9.17, 15) is 4.79 Å². The second-order valence-electron chi connectivity index (χ2n) is 6.04. The van der Waals surface area contributed by atoms with Gasteiger partial charge in [-0.05, 0) is 49.4 Å². The summed E-state index contributed by atoms with van der Waals surface area (Å²) in [6.45, 7) is 1.87. The number of hydrogen-bond acceptors (Lipinski definition) is 3. The van der Waals surface area contributed by atoms with Crippen molar-refractivity contribution >= 4 is 44.8 Å². The molecule has 1 heterocycles. The first-order valence-corrected chi connectivity index (χ1v) is 9.12. The number of nitrogens with one attached hydrogen (secondary N) is 1. The van der Waals surface area contributed by atoms with Crippen LogP contribution in [0.3, 0.4) is 0 Å². The maximum Gasteiger partial charge on any atom is 0.259 e. The monoisotopic (exact) mass is 432 g/mol. The number of carbonyl (C=O) groups excluding carboxylic acids is 1. The maximum absolute atomic E-state index is 12.8. The van der Waals surface area contributed by atoms with Crippen LogP contribution in [0, 0.1) is 6.92 Å². The molecule has 7 heteroatoms. The van der Waals surface area contributed by atoms with Gasteiger partial charge in [-0.15, -0.1) is 0 Å². The molecule has 0 saturated heterocycles. The van der Waals surface area contributed by atoms with Gasteiger partial charge in [-0.3, -0.25) is 4.79 Å². The van der Waals surface area contributed by atoms with E-state index in [2.05, 4.69) is 26.3 Å². The van der Waals surface area contributed by atoms with E-state index in [0.29, 0.717) is 16.3 Å². The largest absolute Gasteiger partial charge is 0.376 e. The summed E-state index contributed by atoms with van der Waals surface area (Å²) >= 11 is 9.51. The lowest BCUT2D eigenvalue weighted by Gasteiger charge is -2.18. The topological polar surface area (TPSA) is 50.2 Å². The van der Waals surface area contributed by atoms with E-state index in [1.54, 1.807) is 23.0 Å². The molecule has 0 fully saturated rings. The van der Waals surface area contributed by atoms with Gasteiger partial charge in [0.1, 0.15) is 0 Å². The molecule has 0 unspecified atom stereocenters. The first-order valence-electron chi connectivity index (χ1n) is 7.95. The van der Waals surface area contributed by atoms with Crippen LogP contribution in [0.5, 0.6) is 0 Å². The molecule has 0 radical (unpaired) electrons. The van der Waals surface area contributed by atoms with Crippen LogP contribution in [0.25, 0.3) is 5.69 Å². The minimum absolute atomic E-state index is 0.226. The smallest absolute Gasteiger partial charge is 0.259 e. The van der Waals surface area contributed by atoms with Crippen LogP contribution in [-0.2, 0) is 0 Å². The van der Waals surface area contributed by atoms with Crippen molar-refractivity contribution in [2.45, 2.75) is 6.92 Å². The summed E-state index contributed by atoms with van der Waals surface area (Å²) in [5.41, 5.74) is 3.70. The Hall–Kier alpha value is -2.31. The number of amides is 1. The lowest BCUT2D eigenvalue weighted by atomic mass is 10.2. The van der Waals surface area contributed by atoms with Crippen molar-refractivity contribution in [2.75, 3.05) is 24.3 Å². The normalized spacial score (nSPS) is 10.7. The van der Waals surface area contributed by atoms with Crippen molar-refractivity contribution < 1.29 is 4.79 Å². The fourth-order valence-corrected chi connectivity index (χ4v) is 3.10. The second kappa shape index (κ2) is 7.51. The third-order valence-electron chi connectivity index (χ3n) is 4.01. The molecule has 2 aromatic carbocycles. The van der Waals surface area contributed by atoms with E-state index < -0.39 is 0 Å². The van der Waals surface area contributed by atoms with E-state index in [1.165, 1.54) is 0 Å². The Balaban J connectivity index is 1.90. The van der Waals surface area contributed by atoms with Gasteiger partial charge < -0.3 is 10.2 Å². The highest BCUT2D eigenvalue weighted by Crippen LogP contribution is 2.28. The standard InChI is InChI=1S/C19H18BrClN4O/c1-12-16(11-22-25(12)15-7-4-13(20)5-8-15)19(26)23-17-10-14(21)6-9-18(17)24(2)3/h4-11H,1-3H3,(H,23,26). The Labute approximate surface area is 165 Å². The molecule has 0 atom stereocenters. The number of aromatic nitrogens is 2. The van der Waals surface area contributed by atoms with Crippen LogP contribution in [-0.4, -0.2) is 29.8 Å². The summed E-state index contributed by atoms with van der Waals surface area (Å²) in [4.78, 5) is 14.7. The first kappa shape index (κ1) is 18.5. The average Bonchev–Trinajstić information content (AvgIpc) is 2.97. The highest BCUT2D eigenvalue weighted by Gasteiger charge is 2.17. The Morgan fingerprint density at radius 1 is 1.19 bits per heavy atom. The number of halogens is 2. The van der Waals surface area contributed by atoms with E-state index in [-0.39, 0.29) is 5.91 Å². The molecule has 1 N–H and O–H groups in total. The van der Waals surface area contributed by atoms with Gasteiger partial charge in [0.15, 0.2) is 0 Å². The SMILES string of the molecule is Cc1c(C(=O)Nc2cc(Cl)ccc2N(C)C)cnn1-c1ccc(Br)cc1. The third kappa shape index (κ3) is 3.76. The minimum Gasteiger partial charge on any atom is -0.376 e. The maximum atomic E-state index is 12.8. The molecule has 3 aromatic rings. The molecule has 26 heavy (non-hydrogen) atoms. The van der Waals surface area contributed by atoms with Gasteiger partial charge in [0, 0.05) is 23.6 Å². The number of rotatable bonds is 4. The van der Waals surface area contributed by atoms with Crippen LogP contribution >= 0.6 is 27.5 Å². The lowest BCUT2D eigenvalue weighted by Crippen LogP contribution is -2.17. The Kier molecular flexibility index (Phi) is 5.34. The van der Waals surface area contributed by atoms with E-state index in [1.807, 2.05) is 56.3 Å². The van der Waals surface area contributed by atoms with Crippen molar-refractivity contribution in [3.8, 4) is 5.69 Å². The number of benzene rings is 2. The first-order chi connectivity index (χ1) is 12.4. The molecular formula is C19H18BrClN4O. The second-order valence-corrected chi connectivity index (χ2v) is 7.39. The van der Waals surface area contributed by atoms with E-state index in [0.717, 1.165) is 21.5 Å². The average molecular weight is 434 g/mol. The van der Waals surface area contributed by atoms with Crippen molar-refractivity contribution in [1.29, 1.82) is 0 Å². The summed E-state index contributed by atoms with van der Waals surface area (Å²) in [6, 6.07) is 13.2. The van der Waals surface area contributed by atoms with E-state index >= 15 is 0 Å². The molecule has 1 aromatic heterocycles. The number of hydrogen-bond donors (Lipinski definition) is 1. The molecular weight excluding hydrogens is 416 g/mol. The van der Waals surface area contributed by atoms with Gasteiger partial charge in [0.25, 0.3) is 5.91 Å². The van der Waals surface area contributed by atoms with Gasteiger partial charge in [-0.25, -0.2) is 4.68 Å². The van der Waals surface area contributed by atoms with Crippen LogP contribution < -0.4 is 10.2 Å². The molecule has 0 aliphatic rings. The number of anilines is 2. The summed E-state index contributed by atoms with van der Waals surface area (Å²) < 4.78 is 2.73. The fourth-order valence-electron chi connectivity index (χ4n) is 2.66. The summed E-state index contributed by atoms with van der Waals surface area (Å²) in [5, 5.41) is 7.86. The molecule has 3 rings (SSSR count). The zero-order chi connectivity index (χ0) is 18.8. The summed E-state index contributed by atoms with van der Waals surface area (Å²) in [7, 11) is 3.82. The fraction of sp³-hybridized carbons (Fsp3) is 0.158. The summed E-state index contributed by atoms with van der Waals surface area (Å²) in [6.07, 6.45) is 1.58. The predicted octanol–water partition coefficient (Wildman–Crippen LogP) is 4.91. The lowest BCUT2D eigenvalue weighted by molar-refractivity contribution is 0.102. The van der Waals surface area contributed by atoms with Crippen molar-refractivity contribution in [1.82, 2.24) is 9.78 Å². The van der Waals surface area contributed by atoms with Gasteiger partial charge in [-0.2, -0.15) is 5.10 Å². The van der Waals surface area contributed by atoms with Crippen LogP contribution in [0.1, 0.15) is 16.1 Å². The molecule has 5 nitrogen and oxygen atoms in total. The predicted molar refractivity (Wildman–Crippen MR) is 110 cm³/mol. The number of nitrogens with zero attached hydrogens (tertiary/aromatic N) is 3. The quantitative estimate of drug-likeness (QED) is 0.636. The molecule has 0 saturated carbocycles. The van der Waals surface area contributed by atoms with Crippen LogP contribution in [0.4, 0.5) is 11.4 Å². The van der Waals surface area contributed by atoms with Crippen molar-refractivity contribution in [3.05, 3.63) is 69.4 Å². The minimum atomic E-state index is -0.226. The van der Waals surface area contributed by atoms with E-state index in [4.69, 9.17) is 11.6 Å². The molecule has 1 amide bonds. The zero-order valence-electron chi connectivity index (χ0n) is 14.6. The zero-order valence-corrected chi connectivity index (χ0v) is 17.0. The van der Waals surface area contributed by atoms with Crippen molar-refractivity contribution in [3.63, 3.8) is 0 Å². The third-order valence-corrected chi connectivity index (χ3v) is 4.78. The van der Waals surface area contributed by atoms with Gasteiger partial charge in [-0.1, -0.05) is 27.5 Å². The highest BCUT2D eigenvalue weighted by atomic mass is 79.9. The Morgan fingerprint density at radius 2 is 1.88 bits per heavy atom. The molecule has 0 aliphatic carbocycles. The molecule has 0 spiro atoms. The van der Waals surface area contributed by atoms with Gasteiger partial charge >= 0.3 is 0 Å². The highest BCUT2D eigenvalue weighted by molar-refractivity contribution is 9.10. The Bertz CT molecular complexity index is 951. The van der Waals surface area contributed by atoms with Crippen molar-refractivity contribution in [2.24, 2.45) is 0 Å². The molecule has 0 aliphatic heterocycles. The van der Waals surface area contributed by atoms with Gasteiger partial charge in [0.2, 0.25) is 0 Å². The van der Waals surface area contributed by atoms with Crippen LogP contribution in [0.15, 0.2) is 53.1 Å². The summed E-state index contributed by atoms with van der Waals surface area (Å²) in [5.74, 6) is -0.226. The number of carbonyl (C=O) groups is 1.